The van der Waals surface area contributed by atoms with Crippen LogP contribution in [0, 0.1) is 6.92 Å². The number of amides is 1. The molecule has 1 atom stereocenters. The molecule has 1 aliphatic rings. The van der Waals surface area contributed by atoms with Gasteiger partial charge in [0.1, 0.15) is 11.8 Å². The van der Waals surface area contributed by atoms with E-state index in [1.807, 2.05) is 53.2 Å². The Morgan fingerprint density at radius 1 is 1.29 bits per heavy atom. The molecule has 144 valence electrons. The number of aromatic nitrogens is 2. The highest BCUT2D eigenvalue weighted by Gasteiger charge is 2.35. The monoisotopic (exact) mass is 395 g/mol. The van der Waals surface area contributed by atoms with E-state index in [-0.39, 0.29) is 11.7 Å². The number of anilines is 1. The van der Waals surface area contributed by atoms with E-state index in [1.165, 1.54) is 6.92 Å². The molecule has 1 aromatic carbocycles. The predicted octanol–water partition coefficient (Wildman–Crippen LogP) is 2.89. The van der Waals surface area contributed by atoms with Gasteiger partial charge in [-0.3, -0.25) is 19.0 Å². The van der Waals surface area contributed by atoms with Gasteiger partial charge < -0.3 is 4.90 Å². The standard InChI is InChI=1S/C20H21N5O2S/c1-13-18(24-9-10-28-20(24)21-13)12-23(3)19(27)16-11-17(14(2)26)25(22-16)15-7-5-4-6-8-15/h4-10,17H,11-12H2,1-3H3/t17-/m0/s1. The molecule has 0 N–H and O–H groups in total. The van der Waals surface area contributed by atoms with Crippen LogP contribution < -0.4 is 5.01 Å². The predicted molar refractivity (Wildman–Crippen MR) is 110 cm³/mol. The molecule has 0 fully saturated rings. The second-order valence-electron chi connectivity index (χ2n) is 6.92. The molecule has 4 rings (SSSR count). The Balaban J connectivity index is 1.57. The van der Waals surface area contributed by atoms with Gasteiger partial charge in [-0.25, -0.2) is 4.98 Å². The van der Waals surface area contributed by atoms with Crippen LogP contribution in [0.25, 0.3) is 4.96 Å². The van der Waals surface area contributed by atoms with Gasteiger partial charge in [0.2, 0.25) is 0 Å². The molecule has 7 nitrogen and oxygen atoms in total. The number of carbonyl (C=O) groups is 2. The lowest BCUT2D eigenvalue weighted by Crippen LogP contribution is -2.35. The maximum Gasteiger partial charge on any atom is 0.270 e. The highest BCUT2D eigenvalue weighted by atomic mass is 32.1. The third-order valence-electron chi connectivity index (χ3n) is 4.94. The van der Waals surface area contributed by atoms with Gasteiger partial charge in [-0.05, 0) is 26.0 Å². The van der Waals surface area contributed by atoms with Crippen LogP contribution in [0.1, 0.15) is 24.7 Å². The number of aryl methyl sites for hydroxylation is 1. The Morgan fingerprint density at radius 3 is 2.75 bits per heavy atom. The number of Topliss-reactive ketones (excluding diaryl/α,β-unsaturated/α-hetero) is 1. The van der Waals surface area contributed by atoms with E-state index < -0.39 is 6.04 Å². The van der Waals surface area contributed by atoms with Crippen LogP contribution in [-0.2, 0) is 16.1 Å². The van der Waals surface area contributed by atoms with Gasteiger partial charge in [-0.2, -0.15) is 5.10 Å². The molecule has 0 aliphatic carbocycles. The van der Waals surface area contributed by atoms with Crippen LogP contribution >= 0.6 is 11.3 Å². The first-order valence-electron chi connectivity index (χ1n) is 9.04. The van der Waals surface area contributed by atoms with Crippen molar-refractivity contribution in [2.75, 3.05) is 12.1 Å². The number of imidazole rings is 1. The first-order valence-corrected chi connectivity index (χ1v) is 9.92. The van der Waals surface area contributed by atoms with Crippen molar-refractivity contribution >= 4 is 39.4 Å². The lowest BCUT2D eigenvalue weighted by Gasteiger charge is -2.20. The smallest absolute Gasteiger partial charge is 0.270 e. The third-order valence-corrected chi connectivity index (χ3v) is 5.70. The van der Waals surface area contributed by atoms with E-state index in [0.29, 0.717) is 18.7 Å². The molecule has 0 bridgehead atoms. The van der Waals surface area contributed by atoms with Crippen molar-refractivity contribution in [3.63, 3.8) is 0 Å². The minimum atomic E-state index is -0.449. The first kappa shape index (κ1) is 18.4. The van der Waals surface area contributed by atoms with Crippen molar-refractivity contribution in [1.82, 2.24) is 14.3 Å². The lowest BCUT2D eigenvalue weighted by atomic mass is 10.1. The molecule has 0 saturated carbocycles. The number of fused-ring (bicyclic) bond motifs is 1. The van der Waals surface area contributed by atoms with Gasteiger partial charge >= 0.3 is 0 Å². The van der Waals surface area contributed by atoms with Crippen molar-refractivity contribution in [3.05, 3.63) is 53.3 Å². The van der Waals surface area contributed by atoms with Crippen LogP contribution in [-0.4, -0.2) is 44.8 Å². The van der Waals surface area contributed by atoms with Gasteiger partial charge in [-0.15, -0.1) is 11.3 Å². The molecule has 0 saturated heterocycles. The molecule has 0 radical (unpaired) electrons. The third kappa shape index (κ3) is 3.20. The van der Waals surface area contributed by atoms with Crippen LogP contribution in [0.5, 0.6) is 0 Å². The summed E-state index contributed by atoms with van der Waals surface area (Å²) in [6.07, 6.45) is 2.27. The maximum atomic E-state index is 13.0. The number of hydrogen-bond donors (Lipinski definition) is 0. The van der Waals surface area contributed by atoms with Crippen LogP contribution in [0.15, 0.2) is 47.0 Å². The zero-order chi connectivity index (χ0) is 19.8. The fourth-order valence-electron chi connectivity index (χ4n) is 3.42. The molecule has 2 aromatic heterocycles. The minimum absolute atomic E-state index is 0.00956. The summed E-state index contributed by atoms with van der Waals surface area (Å²) in [6, 6.07) is 9.02. The van der Waals surface area contributed by atoms with E-state index in [2.05, 4.69) is 10.1 Å². The highest BCUT2D eigenvalue weighted by Crippen LogP contribution is 2.26. The van der Waals surface area contributed by atoms with Gasteiger partial charge in [0.15, 0.2) is 10.7 Å². The van der Waals surface area contributed by atoms with Crippen molar-refractivity contribution in [2.45, 2.75) is 32.9 Å². The topological polar surface area (TPSA) is 70.3 Å². The molecule has 0 spiro atoms. The lowest BCUT2D eigenvalue weighted by molar-refractivity contribution is -0.123. The van der Waals surface area contributed by atoms with Gasteiger partial charge in [0.05, 0.1) is 23.6 Å². The SMILES string of the molecule is CC(=O)[C@@H]1CC(C(=O)N(C)Cc2c(C)nc3sccn23)=NN1c1ccccc1. The van der Waals surface area contributed by atoms with Crippen LogP contribution in [0.4, 0.5) is 5.69 Å². The molecular weight excluding hydrogens is 374 g/mol. The number of nitrogens with zero attached hydrogens (tertiary/aromatic N) is 5. The average Bonchev–Trinajstić information content (AvgIpc) is 3.38. The summed E-state index contributed by atoms with van der Waals surface area (Å²) in [7, 11) is 1.75. The van der Waals surface area contributed by atoms with E-state index in [0.717, 1.165) is 22.0 Å². The second kappa shape index (κ2) is 7.20. The zero-order valence-electron chi connectivity index (χ0n) is 16.0. The van der Waals surface area contributed by atoms with Crippen molar-refractivity contribution in [2.24, 2.45) is 5.10 Å². The second-order valence-corrected chi connectivity index (χ2v) is 7.79. The Morgan fingerprint density at radius 2 is 2.04 bits per heavy atom. The number of hydrogen-bond acceptors (Lipinski definition) is 6. The summed E-state index contributed by atoms with van der Waals surface area (Å²) in [5.41, 5.74) is 3.09. The maximum absolute atomic E-state index is 13.0. The van der Waals surface area contributed by atoms with Crippen molar-refractivity contribution in [1.29, 1.82) is 0 Å². The van der Waals surface area contributed by atoms with Gasteiger partial charge in [-0.1, -0.05) is 18.2 Å². The fourth-order valence-corrected chi connectivity index (χ4v) is 4.20. The van der Waals surface area contributed by atoms with Gasteiger partial charge in [0.25, 0.3) is 5.91 Å². The quantitative estimate of drug-likeness (QED) is 0.666. The molecule has 8 heteroatoms. The molecule has 28 heavy (non-hydrogen) atoms. The first-order chi connectivity index (χ1) is 13.5. The Kier molecular flexibility index (Phi) is 4.72. The minimum Gasteiger partial charge on any atom is -0.335 e. The van der Waals surface area contributed by atoms with Crippen molar-refractivity contribution in [3.8, 4) is 0 Å². The summed E-state index contributed by atoms with van der Waals surface area (Å²) in [5.74, 6) is -0.182. The van der Waals surface area contributed by atoms with Crippen molar-refractivity contribution < 1.29 is 9.59 Å². The zero-order valence-corrected chi connectivity index (χ0v) is 16.8. The molecular formula is C20H21N5O2S. The number of rotatable bonds is 5. The number of para-hydroxylation sites is 1. The number of benzene rings is 1. The van der Waals surface area contributed by atoms with Crippen LogP contribution in [0.2, 0.25) is 0 Å². The molecule has 1 aliphatic heterocycles. The van der Waals surface area contributed by atoms with E-state index in [4.69, 9.17) is 0 Å². The molecule has 0 unspecified atom stereocenters. The average molecular weight is 395 g/mol. The molecule has 1 amide bonds. The van der Waals surface area contributed by atoms with E-state index >= 15 is 0 Å². The summed E-state index contributed by atoms with van der Waals surface area (Å²) in [5, 5.41) is 8.14. The fraction of sp³-hybridized carbons (Fsp3) is 0.300. The van der Waals surface area contributed by atoms with Crippen LogP contribution in [0.3, 0.4) is 0 Å². The van der Waals surface area contributed by atoms with Gasteiger partial charge in [0, 0.05) is 25.0 Å². The molecule has 3 heterocycles. The Labute approximate surface area is 166 Å². The summed E-state index contributed by atoms with van der Waals surface area (Å²) in [6.45, 7) is 3.91. The van der Waals surface area contributed by atoms with E-state index in [1.54, 1.807) is 28.3 Å². The number of thiazole rings is 1. The largest absolute Gasteiger partial charge is 0.335 e. The Hall–Kier alpha value is -3.00. The number of ketones is 1. The summed E-state index contributed by atoms with van der Waals surface area (Å²) >= 11 is 1.57. The highest BCUT2D eigenvalue weighted by molar-refractivity contribution is 7.15. The summed E-state index contributed by atoms with van der Waals surface area (Å²) in [4.78, 5) is 32.3. The normalized spacial score (nSPS) is 16.5. The molecule has 3 aromatic rings. The number of hydrazone groups is 1. The van der Waals surface area contributed by atoms with E-state index in [9.17, 15) is 9.59 Å². The summed E-state index contributed by atoms with van der Waals surface area (Å²) < 4.78 is 2.01. The Bertz CT molecular complexity index is 1070. The number of carbonyl (C=O) groups excluding carboxylic acids is 2.